The van der Waals surface area contributed by atoms with Crippen LogP contribution in [0.2, 0.25) is 0 Å². The Labute approximate surface area is 121 Å². The number of nitrogens with two attached hydrogens (primary N) is 2. The molecule has 1 aromatic heterocycles. The molecule has 110 valence electrons. The molecule has 0 bridgehead atoms. The number of hydrazone groups is 1. The average Bonchev–Trinajstić information content (AvgIpc) is 2.86. The van der Waals surface area contributed by atoms with Crippen LogP contribution in [0.15, 0.2) is 52.6 Å². The van der Waals surface area contributed by atoms with Crippen molar-refractivity contribution in [3.8, 4) is 5.69 Å². The molecule has 8 nitrogen and oxygen atoms in total. The zero-order valence-corrected chi connectivity index (χ0v) is 11.6. The summed E-state index contributed by atoms with van der Waals surface area (Å²) in [6.45, 7) is 0. The Bertz CT molecular complexity index is 777. The van der Waals surface area contributed by atoms with Gasteiger partial charge >= 0.3 is 6.03 Å². The average molecular weight is 307 g/mol. The van der Waals surface area contributed by atoms with Gasteiger partial charge in [0.05, 0.1) is 16.8 Å². The van der Waals surface area contributed by atoms with Crippen LogP contribution < -0.4 is 16.3 Å². The van der Waals surface area contributed by atoms with Crippen LogP contribution in [0.25, 0.3) is 5.69 Å². The number of benzene rings is 1. The van der Waals surface area contributed by atoms with E-state index in [0.29, 0.717) is 11.4 Å². The minimum absolute atomic E-state index is 0.0315. The van der Waals surface area contributed by atoms with E-state index < -0.39 is 16.1 Å². The molecule has 0 aliphatic heterocycles. The van der Waals surface area contributed by atoms with Gasteiger partial charge in [0.1, 0.15) is 0 Å². The topological polar surface area (TPSA) is 133 Å². The van der Waals surface area contributed by atoms with Gasteiger partial charge in [-0.25, -0.2) is 23.8 Å². The summed E-state index contributed by atoms with van der Waals surface area (Å²) in [5.41, 5.74) is 8.38. The minimum Gasteiger partial charge on any atom is -0.350 e. The summed E-state index contributed by atoms with van der Waals surface area (Å²) < 4.78 is 24.2. The summed E-state index contributed by atoms with van der Waals surface area (Å²) in [5.74, 6) is 0. The first-order valence-corrected chi connectivity index (χ1v) is 7.31. The smallest absolute Gasteiger partial charge is 0.332 e. The number of nitrogens with one attached hydrogen (secondary N) is 1. The van der Waals surface area contributed by atoms with E-state index in [-0.39, 0.29) is 4.90 Å². The highest BCUT2D eigenvalue weighted by Crippen LogP contribution is 2.14. The molecule has 1 heterocycles. The van der Waals surface area contributed by atoms with Crippen molar-refractivity contribution in [3.05, 3.63) is 48.3 Å². The largest absolute Gasteiger partial charge is 0.350 e. The van der Waals surface area contributed by atoms with Crippen LogP contribution in [-0.2, 0) is 10.0 Å². The van der Waals surface area contributed by atoms with Gasteiger partial charge in [-0.1, -0.05) is 0 Å². The highest BCUT2D eigenvalue weighted by molar-refractivity contribution is 7.89. The number of hydrogen-bond donors (Lipinski definition) is 3. The van der Waals surface area contributed by atoms with E-state index in [1.54, 1.807) is 35.0 Å². The Balaban J connectivity index is 2.29. The van der Waals surface area contributed by atoms with Gasteiger partial charge < -0.3 is 10.3 Å². The zero-order valence-electron chi connectivity index (χ0n) is 10.8. The summed E-state index contributed by atoms with van der Waals surface area (Å²) in [6, 6.07) is 8.82. The van der Waals surface area contributed by atoms with Gasteiger partial charge in [0.15, 0.2) is 0 Å². The molecular formula is C12H13N5O3S. The first-order chi connectivity index (χ1) is 9.88. The van der Waals surface area contributed by atoms with Crippen molar-refractivity contribution in [1.82, 2.24) is 9.99 Å². The van der Waals surface area contributed by atoms with Gasteiger partial charge in [-0.05, 0) is 36.4 Å². The molecule has 0 unspecified atom stereocenters. The van der Waals surface area contributed by atoms with Crippen LogP contribution in [0.3, 0.4) is 0 Å². The molecule has 1 aromatic carbocycles. The molecule has 0 saturated carbocycles. The van der Waals surface area contributed by atoms with E-state index in [0.717, 1.165) is 0 Å². The number of primary sulfonamides is 1. The summed E-state index contributed by atoms with van der Waals surface area (Å²) >= 11 is 0. The van der Waals surface area contributed by atoms with Crippen LogP contribution in [0, 0.1) is 0 Å². The van der Waals surface area contributed by atoms with Gasteiger partial charge in [-0.3, -0.25) is 0 Å². The van der Waals surface area contributed by atoms with Crippen molar-refractivity contribution in [2.75, 3.05) is 0 Å². The number of nitrogens with zero attached hydrogens (tertiary/aromatic N) is 2. The molecule has 0 atom stereocenters. The highest BCUT2D eigenvalue weighted by atomic mass is 32.2. The fourth-order valence-electron chi connectivity index (χ4n) is 1.69. The number of aromatic nitrogens is 1. The lowest BCUT2D eigenvalue weighted by atomic mass is 10.3. The van der Waals surface area contributed by atoms with Gasteiger partial charge in [0, 0.05) is 11.9 Å². The number of amides is 2. The highest BCUT2D eigenvalue weighted by Gasteiger charge is 2.08. The molecule has 0 fully saturated rings. The van der Waals surface area contributed by atoms with Crippen LogP contribution in [-0.4, -0.2) is 25.2 Å². The fraction of sp³-hybridized carbons (Fsp3) is 0. The second-order valence-electron chi connectivity index (χ2n) is 4.08. The molecule has 0 saturated heterocycles. The second kappa shape index (κ2) is 5.77. The quantitative estimate of drug-likeness (QED) is 0.547. The number of sulfonamides is 1. The summed E-state index contributed by atoms with van der Waals surface area (Å²) in [4.78, 5) is 10.6. The lowest BCUT2D eigenvalue weighted by Crippen LogP contribution is -2.24. The van der Waals surface area contributed by atoms with Crippen molar-refractivity contribution in [1.29, 1.82) is 0 Å². The van der Waals surface area contributed by atoms with E-state index in [9.17, 15) is 13.2 Å². The molecule has 2 aromatic rings. The number of hydrogen-bond acceptors (Lipinski definition) is 4. The maximum Gasteiger partial charge on any atom is 0.332 e. The first kappa shape index (κ1) is 14.8. The molecule has 0 spiro atoms. The lowest BCUT2D eigenvalue weighted by Gasteiger charge is -2.07. The molecule has 21 heavy (non-hydrogen) atoms. The molecule has 0 aliphatic carbocycles. The van der Waals surface area contributed by atoms with Crippen molar-refractivity contribution >= 4 is 22.3 Å². The van der Waals surface area contributed by atoms with Gasteiger partial charge in [0.25, 0.3) is 0 Å². The maximum absolute atomic E-state index is 11.2. The second-order valence-corrected chi connectivity index (χ2v) is 5.64. The van der Waals surface area contributed by atoms with Gasteiger partial charge in [-0.15, -0.1) is 0 Å². The zero-order chi connectivity index (χ0) is 15.5. The third kappa shape index (κ3) is 3.68. The Morgan fingerprint density at radius 1 is 1.24 bits per heavy atom. The first-order valence-electron chi connectivity index (χ1n) is 5.77. The Morgan fingerprint density at radius 2 is 1.90 bits per heavy atom. The molecular weight excluding hydrogens is 294 g/mol. The molecule has 0 radical (unpaired) electrons. The Kier molecular flexibility index (Phi) is 4.05. The number of carbonyl (C=O) groups excluding carboxylic acids is 1. The number of rotatable bonds is 4. The van der Waals surface area contributed by atoms with Gasteiger partial charge in [0.2, 0.25) is 10.0 Å². The van der Waals surface area contributed by atoms with Crippen LogP contribution in [0.5, 0.6) is 0 Å². The molecule has 2 amide bonds. The van der Waals surface area contributed by atoms with E-state index in [1.807, 2.05) is 0 Å². The number of primary amides is 1. The van der Waals surface area contributed by atoms with Crippen LogP contribution in [0.1, 0.15) is 5.69 Å². The molecule has 5 N–H and O–H groups in total. The van der Waals surface area contributed by atoms with E-state index in [2.05, 4.69) is 10.5 Å². The fourth-order valence-corrected chi connectivity index (χ4v) is 2.21. The predicted octanol–water partition coefficient (Wildman–Crippen LogP) is 0.127. The monoisotopic (exact) mass is 307 g/mol. The number of carbonyl (C=O) groups is 1. The van der Waals surface area contributed by atoms with E-state index in [4.69, 9.17) is 10.9 Å². The standard InChI is InChI=1S/C12H13N5O3S/c13-12(18)16-15-8-10-2-1-7-17(10)9-3-5-11(6-4-9)21(14,19)20/h1-8H,(H3,13,16,18)(H2,14,19,20)/b15-8+. The van der Waals surface area contributed by atoms with E-state index in [1.165, 1.54) is 18.3 Å². The summed E-state index contributed by atoms with van der Waals surface area (Å²) in [6.07, 6.45) is 3.18. The van der Waals surface area contributed by atoms with Crippen molar-refractivity contribution in [2.45, 2.75) is 4.90 Å². The third-order valence-electron chi connectivity index (χ3n) is 2.60. The van der Waals surface area contributed by atoms with Gasteiger partial charge in [-0.2, -0.15) is 5.10 Å². The molecule has 2 rings (SSSR count). The van der Waals surface area contributed by atoms with Crippen molar-refractivity contribution < 1.29 is 13.2 Å². The third-order valence-corrected chi connectivity index (χ3v) is 3.52. The Morgan fingerprint density at radius 3 is 2.48 bits per heavy atom. The van der Waals surface area contributed by atoms with Crippen molar-refractivity contribution in [3.63, 3.8) is 0 Å². The maximum atomic E-state index is 11.2. The summed E-state index contributed by atoms with van der Waals surface area (Å²) in [5, 5.41) is 8.71. The lowest BCUT2D eigenvalue weighted by molar-refractivity contribution is 0.249. The predicted molar refractivity (Wildman–Crippen MR) is 77.5 cm³/mol. The normalized spacial score (nSPS) is 11.7. The van der Waals surface area contributed by atoms with E-state index >= 15 is 0 Å². The van der Waals surface area contributed by atoms with Crippen LogP contribution >= 0.6 is 0 Å². The number of urea groups is 1. The van der Waals surface area contributed by atoms with Crippen LogP contribution in [0.4, 0.5) is 4.79 Å². The molecule has 9 heteroatoms. The summed E-state index contributed by atoms with van der Waals surface area (Å²) in [7, 11) is -3.72. The molecule has 0 aliphatic rings. The van der Waals surface area contributed by atoms with Crippen molar-refractivity contribution in [2.24, 2.45) is 16.0 Å². The Hall–Kier alpha value is -2.65. The SMILES string of the molecule is NC(=O)N/N=C/c1cccn1-c1ccc(S(N)(=O)=O)cc1. The minimum atomic E-state index is -3.72.